The lowest BCUT2D eigenvalue weighted by atomic mass is 10.1. The van der Waals surface area contributed by atoms with Gasteiger partial charge in [0.2, 0.25) is 0 Å². The molecule has 5 nitrogen and oxygen atoms in total. The Kier molecular flexibility index (Phi) is 5.58. The number of hydrogen-bond acceptors (Lipinski definition) is 3. The van der Waals surface area contributed by atoms with Crippen LogP contribution in [0.4, 0.5) is 0 Å². The van der Waals surface area contributed by atoms with Crippen LogP contribution in [0, 0.1) is 13.8 Å². The molecule has 0 saturated heterocycles. The van der Waals surface area contributed by atoms with Crippen molar-refractivity contribution in [2.24, 2.45) is 4.99 Å². The second kappa shape index (κ2) is 7.64. The first-order chi connectivity index (χ1) is 10.6. The van der Waals surface area contributed by atoms with Gasteiger partial charge in [0.25, 0.3) is 0 Å². The van der Waals surface area contributed by atoms with E-state index in [1.165, 1.54) is 11.1 Å². The van der Waals surface area contributed by atoms with Gasteiger partial charge in [0.05, 0.1) is 6.04 Å². The molecule has 1 unspecified atom stereocenters. The summed E-state index contributed by atoms with van der Waals surface area (Å²) in [7, 11) is 1.77. The van der Waals surface area contributed by atoms with E-state index in [9.17, 15) is 0 Å². The van der Waals surface area contributed by atoms with Crippen LogP contribution in [0.3, 0.4) is 0 Å². The average molecular weight is 300 g/mol. The maximum Gasteiger partial charge on any atom is 0.191 e. The summed E-state index contributed by atoms with van der Waals surface area (Å²) in [5, 5.41) is 6.66. The van der Waals surface area contributed by atoms with Gasteiger partial charge in [-0.1, -0.05) is 0 Å². The topological polar surface area (TPSA) is 62.5 Å². The first-order valence-electron chi connectivity index (χ1n) is 7.53. The SMILES string of the molecule is CN=C(NCCc1ccncc1C)NC(C)c1ccc(C)o1. The Morgan fingerprint density at radius 3 is 2.77 bits per heavy atom. The molecule has 2 heterocycles. The minimum atomic E-state index is 0.0718. The number of aliphatic imine (C=N–C) groups is 1. The van der Waals surface area contributed by atoms with Crippen molar-refractivity contribution in [3.63, 3.8) is 0 Å². The molecule has 2 N–H and O–H groups in total. The van der Waals surface area contributed by atoms with E-state index in [0.717, 1.165) is 30.4 Å². The average Bonchev–Trinajstić information content (AvgIpc) is 2.94. The second-order valence-corrected chi connectivity index (χ2v) is 5.37. The molecule has 22 heavy (non-hydrogen) atoms. The van der Waals surface area contributed by atoms with Crippen molar-refractivity contribution in [1.82, 2.24) is 15.6 Å². The summed E-state index contributed by atoms with van der Waals surface area (Å²) < 4.78 is 5.63. The summed E-state index contributed by atoms with van der Waals surface area (Å²) in [6, 6.07) is 6.08. The molecule has 2 aromatic rings. The summed E-state index contributed by atoms with van der Waals surface area (Å²) in [5.74, 6) is 2.60. The molecule has 1 atom stereocenters. The molecule has 0 fully saturated rings. The van der Waals surface area contributed by atoms with Crippen molar-refractivity contribution in [3.8, 4) is 0 Å². The fourth-order valence-corrected chi connectivity index (χ4v) is 2.26. The van der Waals surface area contributed by atoms with Gasteiger partial charge in [0, 0.05) is 26.0 Å². The van der Waals surface area contributed by atoms with Gasteiger partial charge in [-0.15, -0.1) is 0 Å². The quantitative estimate of drug-likeness (QED) is 0.658. The number of rotatable bonds is 5. The molecule has 2 rings (SSSR count). The van der Waals surface area contributed by atoms with E-state index in [1.807, 2.05) is 31.5 Å². The summed E-state index contributed by atoms with van der Waals surface area (Å²) in [6.45, 7) is 6.89. The Morgan fingerprint density at radius 1 is 1.32 bits per heavy atom. The van der Waals surface area contributed by atoms with Crippen LogP contribution >= 0.6 is 0 Å². The van der Waals surface area contributed by atoms with Crippen molar-refractivity contribution >= 4 is 5.96 Å². The molecule has 0 aliphatic carbocycles. The van der Waals surface area contributed by atoms with Crippen molar-refractivity contribution in [2.75, 3.05) is 13.6 Å². The third-order valence-corrected chi connectivity index (χ3v) is 3.59. The van der Waals surface area contributed by atoms with E-state index in [0.29, 0.717) is 0 Å². The Hall–Kier alpha value is -2.30. The number of furan rings is 1. The first kappa shape index (κ1) is 16.1. The lowest BCUT2D eigenvalue weighted by molar-refractivity contribution is 0.441. The Labute approximate surface area is 131 Å². The summed E-state index contributed by atoms with van der Waals surface area (Å²) in [6.07, 6.45) is 4.66. The molecule has 118 valence electrons. The number of hydrogen-bond donors (Lipinski definition) is 2. The Bertz CT molecular complexity index is 633. The van der Waals surface area contributed by atoms with Gasteiger partial charge in [-0.2, -0.15) is 0 Å². The molecule has 0 bridgehead atoms. The lowest BCUT2D eigenvalue weighted by Crippen LogP contribution is -2.39. The molecule has 0 aromatic carbocycles. The van der Waals surface area contributed by atoms with Crippen molar-refractivity contribution in [1.29, 1.82) is 0 Å². The van der Waals surface area contributed by atoms with Crippen LogP contribution < -0.4 is 10.6 Å². The molecule has 0 saturated carbocycles. The zero-order valence-electron chi connectivity index (χ0n) is 13.7. The number of pyridine rings is 1. The zero-order valence-corrected chi connectivity index (χ0v) is 13.7. The lowest BCUT2D eigenvalue weighted by Gasteiger charge is -2.16. The summed E-state index contributed by atoms with van der Waals surface area (Å²) in [5.41, 5.74) is 2.51. The highest BCUT2D eigenvalue weighted by atomic mass is 16.3. The van der Waals surface area contributed by atoms with Crippen molar-refractivity contribution in [3.05, 3.63) is 53.2 Å². The highest BCUT2D eigenvalue weighted by molar-refractivity contribution is 5.80. The zero-order chi connectivity index (χ0) is 15.9. The van der Waals surface area contributed by atoms with Gasteiger partial charge < -0.3 is 15.1 Å². The van der Waals surface area contributed by atoms with E-state index in [2.05, 4.69) is 40.5 Å². The molecular formula is C17H24N4O. The predicted molar refractivity (Wildman–Crippen MR) is 89.0 cm³/mol. The number of nitrogens with zero attached hydrogens (tertiary/aromatic N) is 2. The fourth-order valence-electron chi connectivity index (χ4n) is 2.26. The largest absolute Gasteiger partial charge is 0.464 e. The van der Waals surface area contributed by atoms with Crippen LogP contribution in [0.1, 0.15) is 35.6 Å². The normalized spacial score (nSPS) is 13.0. The smallest absolute Gasteiger partial charge is 0.191 e. The van der Waals surface area contributed by atoms with Gasteiger partial charge in [-0.05, 0) is 56.5 Å². The minimum Gasteiger partial charge on any atom is -0.464 e. The third kappa shape index (κ3) is 4.35. The number of guanidine groups is 1. The number of aromatic nitrogens is 1. The number of nitrogens with one attached hydrogen (secondary N) is 2. The molecule has 2 aromatic heterocycles. The van der Waals surface area contributed by atoms with E-state index >= 15 is 0 Å². The Morgan fingerprint density at radius 2 is 2.14 bits per heavy atom. The highest BCUT2D eigenvalue weighted by Crippen LogP contribution is 2.15. The van der Waals surface area contributed by atoms with Crippen LogP contribution in [0.25, 0.3) is 0 Å². The maximum absolute atomic E-state index is 5.63. The van der Waals surface area contributed by atoms with Gasteiger partial charge in [-0.25, -0.2) is 0 Å². The highest BCUT2D eigenvalue weighted by Gasteiger charge is 2.11. The summed E-state index contributed by atoms with van der Waals surface area (Å²) >= 11 is 0. The van der Waals surface area contributed by atoms with Crippen molar-refractivity contribution < 1.29 is 4.42 Å². The minimum absolute atomic E-state index is 0.0718. The monoisotopic (exact) mass is 300 g/mol. The van der Waals surface area contributed by atoms with Crippen LogP contribution in [-0.4, -0.2) is 24.5 Å². The van der Waals surface area contributed by atoms with Gasteiger partial charge in [0.1, 0.15) is 11.5 Å². The van der Waals surface area contributed by atoms with Crippen LogP contribution in [0.2, 0.25) is 0 Å². The standard InChI is InChI=1S/C17H24N4O/c1-12-11-19-9-7-15(12)8-10-20-17(18-4)21-14(3)16-6-5-13(2)22-16/h5-7,9,11,14H,8,10H2,1-4H3,(H2,18,20,21). The molecule has 0 amide bonds. The van der Waals surface area contributed by atoms with E-state index in [4.69, 9.17) is 4.42 Å². The van der Waals surface area contributed by atoms with Crippen LogP contribution in [-0.2, 0) is 6.42 Å². The van der Waals surface area contributed by atoms with Crippen LogP contribution in [0.15, 0.2) is 40.0 Å². The van der Waals surface area contributed by atoms with Gasteiger partial charge >= 0.3 is 0 Å². The summed E-state index contributed by atoms with van der Waals surface area (Å²) in [4.78, 5) is 8.37. The predicted octanol–water partition coefficient (Wildman–Crippen LogP) is 2.76. The number of aryl methyl sites for hydroxylation is 2. The van der Waals surface area contributed by atoms with E-state index in [-0.39, 0.29) is 6.04 Å². The van der Waals surface area contributed by atoms with E-state index < -0.39 is 0 Å². The second-order valence-electron chi connectivity index (χ2n) is 5.37. The Balaban J connectivity index is 1.84. The van der Waals surface area contributed by atoms with Gasteiger partial charge in [0.15, 0.2) is 5.96 Å². The first-order valence-corrected chi connectivity index (χ1v) is 7.53. The molecule has 0 spiro atoms. The van der Waals surface area contributed by atoms with E-state index in [1.54, 1.807) is 7.05 Å². The van der Waals surface area contributed by atoms with Crippen LogP contribution in [0.5, 0.6) is 0 Å². The van der Waals surface area contributed by atoms with Gasteiger partial charge in [-0.3, -0.25) is 9.98 Å². The molecule has 0 aliphatic rings. The molecule has 5 heteroatoms. The molecule has 0 aliphatic heterocycles. The fraction of sp³-hybridized carbons (Fsp3) is 0.412. The maximum atomic E-state index is 5.63. The molecular weight excluding hydrogens is 276 g/mol. The van der Waals surface area contributed by atoms with Crippen molar-refractivity contribution in [2.45, 2.75) is 33.2 Å². The molecule has 0 radical (unpaired) electrons. The third-order valence-electron chi connectivity index (χ3n) is 3.59.